The molecule has 6 unspecified atom stereocenters. The van der Waals surface area contributed by atoms with Gasteiger partial charge in [-0.25, -0.2) is 0 Å². The fraction of sp³-hybridized carbons (Fsp3) is 0.684. The molecule has 0 fully saturated rings. The van der Waals surface area contributed by atoms with Crippen molar-refractivity contribution in [3.8, 4) is 0 Å². The Hall–Kier alpha value is -0.135. The second kappa shape index (κ2) is 14.8. The maximum atomic E-state index is 5.79. The molecular weight excluding hydrogens is 413 g/mol. The van der Waals surface area contributed by atoms with Gasteiger partial charge >= 0.3 is 0 Å². The first-order valence-corrected chi connectivity index (χ1v) is 13.4. The van der Waals surface area contributed by atoms with Crippen LogP contribution in [0.2, 0.25) is 0 Å². The predicted octanol–water partition coefficient (Wildman–Crippen LogP) is 4.74. The van der Waals surface area contributed by atoms with Gasteiger partial charge in [-0.15, -0.1) is 0 Å². The summed E-state index contributed by atoms with van der Waals surface area (Å²) in [5.41, 5.74) is 0.989. The van der Waals surface area contributed by atoms with Gasteiger partial charge in [0.05, 0.1) is 6.61 Å². The van der Waals surface area contributed by atoms with Crippen LogP contribution in [0.15, 0.2) is 30.3 Å². The molecule has 7 nitrogen and oxygen atoms in total. The summed E-state index contributed by atoms with van der Waals surface area (Å²) >= 11 is 0. The van der Waals surface area contributed by atoms with E-state index in [-0.39, 0.29) is 0 Å². The van der Waals surface area contributed by atoms with E-state index < -0.39 is 47.8 Å². The molecule has 0 aliphatic heterocycles. The highest BCUT2D eigenvalue weighted by Gasteiger charge is 2.22. The third-order valence-electron chi connectivity index (χ3n) is 3.27. The Balaban J connectivity index is 2.61. The van der Waals surface area contributed by atoms with Gasteiger partial charge in [0.1, 0.15) is 7.57 Å². The molecule has 0 amide bonds. The maximum absolute atomic E-state index is 5.79. The van der Waals surface area contributed by atoms with Gasteiger partial charge in [0.2, 0.25) is 0 Å². The Kier molecular flexibility index (Phi) is 13.7. The minimum atomic E-state index is -1.03. The van der Waals surface area contributed by atoms with Gasteiger partial charge in [-0.05, 0) is 61.3 Å². The standard InChI is InChI=1S/C19H33BO7P2/c1-14(22-16(3)26-28(5)6)24-19(21-13-18-11-9-8-10-12-18)25-15(2)23-17(4)27-29(7)20/h8-12,14-17,19H,13H2,1-7H3. The molecule has 0 N–H and O–H groups in total. The highest BCUT2D eigenvalue weighted by atomic mass is 31.1. The van der Waals surface area contributed by atoms with Crippen LogP contribution in [0.5, 0.6) is 0 Å². The monoisotopic (exact) mass is 446 g/mol. The summed E-state index contributed by atoms with van der Waals surface area (Å²) in [7, 11) is 4.09. The first-order valence-electron chi connectivity index (χ1n) is 9.42. The first kappa shape index (κ1) is 26.9. The zero-order chi connectivity index (χ0) is 21.8. The van der Waals surface area contributed by atoms with Crippen LogP contribution in [-0.2, 0) is 39.3 Å². The molecule has 0 aromatic heterocycles. The van der Waals surface area contributed by atoms with Crippen molar-refractivity contribution in [3.05, 3.63) is 35.9 Å². The number of benzene rings is 1. The van der Waals surface area contributed by atoms with E-state index in [0.717, 1.165) is 5.56 Å². The summed E-state index contributed by atoms with van der Waals surface area (Å²) < 4.78 is 39.7. The zero-order valence-electron chi connectivity index (χ0n) is 18.3. The Morgan fingerprint density at radius 3 is 1.76 bits per heavy atom. The predicted molar refractivity (Wildman–Crippen MR) is 117 cm³/mol. The number of hydrogen-bond acceptors (Lipinski definition) is 7. The molecule has 0 spiro atoms. The summed E-state index contributed by atoms with van der Waals surface area (Å²) in [6.45, 7) is 12.2. The van der Waals surface area contributed by atoms with Crippen molar-refractivity contribution in [3.63, 3.8) is 0 Å². The van der Waals surface area contributed by atoms with Gasteiger partial charge in [-0.1, -0.05) is 30.3 Å². The normalized spacial score (nSPS) is 18.2. The number of rotatable bonds is 15. The number of hydrogen-bond donors (Lipinski definition) is 0. The van der Waals surface area contributed by atoms with Crippen LogP contribution in [0.25, 0.3) is 0 Å². The van der Waals surface area contributed by atoms with Crippen molar-refractivity contribution >= 4 is 23.7 Å². The Morgan fingerprint density at radius 2 is 1.28 bits per heavy atom. The van der Waals surface area contributed by atoms with Gasteiger partial charge < -0.3 is 32.7 Å². The SMILES string of the molecule is [B]P(C)OC(C)OC(C)OC(OCc1ccccc1)OC(C)OC(C)OP(C)C. The Morgan fingerprint density at radius 1 is 0.759 bits per heavy atom. The quantitative estimate of drug-likeness (QED) is 0.219. The first-order chi connectivity index (χ1) is 13.7. The number of ether oxygens (including phenoxy) is 5. The lowest BCUT2D eigenvalue weighted by Crippen LogP contribution is -2.34. The molecule has 10 heteroatoms. The van der Waals surface area contributed by atoms with Crippen LogP contribution >= 0.6 is 16.2 Å². The topological polar surface area (TPSA) is 64.6 Å². The lowest BCUT2D eigenvalue weighted by atomic mass is 10.2. The minimum absolute atomic E-state index is 0.307. The van der Waals surface area contributed by atoms with E-state index in [2.05, 4.69) is 0 Å². The van der Waals surface area contributed by atoms with Crippen LogP contribution in [-0.4, -0.2) is 59.2 Å². The summed E-state index contributed by atoms with van der Waals surface area (Å²) in [4.78, 5) is 0. The van der Waals surface area contributed by atoms with Gasteiger partial charge in [-0.2, -0.15) is 0 Å². The lowest BCUT2D eigenvalue weighted by molar-refractivity contribution is -0.389. The van der Waals surface area contributed by atoms with Crippen molar-refractivity contribution in [2.24, 2.45) is 0 Å². The van der Waals surface area contributed by atoms with Gasteiger partial charge in [0, 0.05) is 8.15 Å². The van der Waals surface area contributed by atoms with E-state index in [1.807, 2.05) is 50.6 Å². The molecule has 1 aromatic carbocycles. The van der Waals surface area contributed by atoms with Crippen LogP contribution in [0.3, 0.4) is 0 Å². The molecule has 0 aliphatic rings. The molecule has 1 rings (SSSR count). The summed E-state index contributed by atoms with van der Waals surface area (Å²) in [6, 6.07) is 9.73. The third-order valence-corrected chi connectivity index (χ3v) is 4.62. The molecular formula is C19H33BO7P2. The highest BCUT2D eigenvalue weighted by Crippen LogP contribution is 2.29. The molecule has 1 aromatic rings. The van der Waals surface area contributed by atoms with Gasteiger partial charge in [0.15, 0.2) is 25.2 Å². The second-order valence-electron chi connectivity index (χ2n) is 6.47. The van der Waals surface area contributed by atoms with Crippen molar-refractivity contribution in [2.45, 2.75) is 65.9 Å². The minimum Gasteiger partial charge on any atom is -0.342 e. The third kappa shape index (κ3) is 13.7. The molecule has 29 heavy (non-hydrogen) atoms. The average Bonchev–Trinajstić information content (AvgIpc) is 2.58. The van der Waals surface area contributed by atoms with Crippen LogP contribution in [0, 0.1) is 0 Å². The summed E-state index contributed by atoms with van der Waals surface area (Å²) in [6.07, 6.45) is -2.19. The lowest BCUT2D eigenvalue weighted by Gasteiger charge is -2.28. The van der Waals surface area contributed by atoms with Crippen LogP contribution in [0.4, 0.5) is 0 Å². The Bertz CT molecular complexity index is 513. The van der Waals surface area contributed by atoms with E-state index in [4.69, 9.17) is 40.3 Å². The maximum Gasteiger partial charge on any atom is 0.276 e. The Labute approximate surface area is 178 Å². The average molecular weight is 446 g/mol. The van der Waals surface area contributed by atoms with Crippen molar-refractivity contribution in [2.75, 3.05) is 20.0 Å². The smallest absolute Gasteiger partial charge is 0.276 e. The second-order valence-corrected chi connectivity index (χ2v) is 9.61. The molecule has 164 valence electrons. The van der Waals surface area contributed by atoms with Gasteiger partial charge in [-0.3, -0.25) is 0 Å². The molecule has 0 saturated carbocycles. The molecule has 0 heterocycles. The van der Waals surface area contributed by atoms with Crippen molar-refractivity contribution < 1.29 is 32.7 Å². The van der Waals surface area contributed by atoms with Gasteiger partial charge in [0.25, 0.3) is 6.48 Å². The van der Waals surface area contributed by atoms with Crippen molar-refractivity contribution in [1.29, 1.82) is 0 Å². The van der Waals surface area contributed by atoms with E-state index >= 15 is 0 Å². The summed E-state index contributed by atoms with van der Waals surface area (Å²) in [5.74, 6) is 0. The molecule has 2 radical (unpaired) electrons. The molecule has 0 saturated heterocycles. The molecule has 0 bridgehead atoms. The van der Waals surface area contributed by atoms with Crippen LogP contribution < -0.4 is 0 Å². The largest absolute Gasteiger partial charge is 0.342 e. The fourth-order valence-electron chi connectivity index (χ4n) is 2.35. The highest BCUT2D eigenvalue weighted by molar-refractivity contribution is 7.77. The molecule has 0 aliphatic carbocycles. The fourth-order valence-corrected chi connectivity index (χ4v) is 3.51. The molecule has 6 atom stereocenters. The zero-order valence-corrected chi connectivity index (χ0v) is 20.1. The van der Waals surface area contributed by atoms with E-state index in [0.29, 0.717) is 6.61 Å². The van der Waals surface area contributed by atoms with E-state index in [1.165, 1.54) is 0 Å². The summed E-state index contributed by atoms with van der Waals surface area (Å²) in [5, 5.41) is 0. The van der Waals surface area contributed by atoms with Crippen molar-refractivity contribution in [1.82, 2.24) is 0 Å². The van der Waals surface area contributed by atoms with Crippen LogP contribution in [0.1, 0.15) is 33.3 Å². The van der Waals surface area contributed by atoms with E-state index in [9.17, 15) is 0 Å². The van der Waals surface area contributed by atoms with E-state index in [1.54, 1.807) is 27.4 Å².